The molecule has 1 aromatic heterocycles. The Morgan fingerprint density at radius 1 is 1.10 bits per heavy atom. The SMILES string of the molecule is O=C(NCCc1cc(Cl)c2c(c1)OCCO2)c1occc1COc1ccccc1. The molecule has 1 N–H and O–H groups in total. The molecule has 0 fully saturated rings. The molecular weight excluding hydrogens is 394 g/mol. The third-order valence-corrected chi connectivity index (χ3v) is 4.73. The Kier molecular flexibility index (Phi) is 5.91. The lowest BCUT2D eigenvalue weighted by Gasteiger charge is -2.20. The van der Waals surface area contributed by atoms with Crippen molar-refractivity contribution >= 4 is 17.5 Å². The molecule has 6 nitrogen and oxygen atoms in total. The standard InChI is InChI=1S/C22H20ClNO5/c23-18-12-15(13-19-21(18)28-11-10-26-19)6-8-24-22(25)20-16(7-9-27-20)14-29-17-4-2-1-3-5-17/h1-5,7,9,12-13H,6,8,10-11,14H2,(H,24,25). The van der Waals surface area contributed by atoms with Gasteiger partial charge in [-0.15, -0.1) is 0 Å². The van der Waals surface area contributed by atoms with E-state index in [1.165, 1.54) is 6.26 Å². The Hall–Kier alpha value is -3.12. The number of nitrogens with one attached hydrogen (secondary N) is 1. The smallest absolute Gasteiger partial charge is 0.287 e. The number of hydrogen-bond acceptors (Lipinski definition) is 5. The highest BCUT2D eigenvalue weighted by atomic mass is 35.5. The monoisotopic (exact) mass is 413 g/mol. The van der Waals surface area contributed by atoms with Crippen molar-refractivity contribution in [2.75, 3.05) is 19.8 Å². The number of benzene rings is 2. The van der Waals surface area contributed by atoms with Crippen LogP contribution in [0.5, 0.6) is 17.2 Å². The Labute approximate surface area is 173 Å². The minimum atomic E-state index is -0.287. The molecule has 0 atom stereocenters. The summed E-state index contributed by atoms with van der Waals surface area (Å²) in [5.74, 6) is 1.91. The van der Waals surface area contributed by atoms with Crippen LogP contribution in [0.25, 0.3) is 0 Å². The summed E-state index contributed by atoms with van der Waals surface area (Å²) in [6, 6.07) is 14.9. The lowest BCUT2D eigenvalue weighted by atomic mass is 10.1. The zero-order valence-electron chi connectivity index (χ0n) is 15.7. The zero-order chi connectivity index (χ0) is 20.1. The molecule has 0 saturated heterocycles. The van der Waals surface area contributed by atoms with E-state index >= 15 is 0 Å². The Morgan fingerprint density at radius 3 is 2.79 bits per heavy atom. The quantitative estimate of drug-likeness (QED) is 0.626. The highest BCUT2D eigenvalue weighted by molar-refractivity contribution is 6.32. The summed E-state index contributed by atoms with van der Waals surface area (Å²) in [5, 5.41) is 3.38. The fourth-order valence-corrected chi connectivity index (χ4v) is 3.32. The molecule has 0 bridgehead atoms. The second-order valence-corrected chi connectivity index (χ2v) is 6.89. The Morgan fingerprint density at radius 2 is 1.93 bits per heavy atom. The van der Waals surface area contributed by atoms with Gasteiger partial charge >= 0.3 is 0 Å². The summed E-state index contributed by atoms with van der Waals surface area (Å²) in [5.41, 5.74) is 1.64. The zero-order valence-corrected chi connectivity index (χ0v) is 16.4. The Balaban J connectivity index is 1.33. The number of carbonyl (C=O) groups excluding carboxylic acids is 1. The van der Waals surface area contributed by atoms with Gasteiger partial charge in [-0.05, 0) is 42.3 Å². The predicted molar refractivity (Wildman–Crippen MR) is 108 cm³/mol. The molecule has 1 aliphatic rings. The molecule has 0 aliphatic carbocycles. The van der Waals surface area contributed by atoms with Gasteiger partial charge in [-0.25, -0.2) is 0 Å². The summed E-state index contributed by atoms with van der Waals surface area (Å²) in [6.07, 6.45) is 2.08. The van der Waals surface area contributed by atoms with Gasteiger partial charge in [-0.3, -0.25) is 4.79 Å². The van der Waals surface area contributed by atoms with Gasteiger partial charge in [0.25, 0.3) is 5.91 Å². The van der Waals surface area contributed by atoms with Crippen molar-refractivity contribution in [1.82, 2.24) is 5.32 Å². The second-order valence-electron chi connectivity index (χ2n) is 6.48. The largest absolute Gasteiger partial charge is 0.489 e. The average Bonchev–Trinajstić information content (AvgIpc) is 3.22. The first-order valence-corrected chi connectivity index (χ1v) is 9.69. The number of ether oxygens (including phenoxy) is 3. The van der Waals surface area contributed by atoms with Crippen LogP contribution in [-0.2, 0) is 13.0 Å². The van der Waals surface area contributed by atoms with E-state index in [-0.39, 0.29) is 18.3 Å². The van der Waals surface area contributed by atoms with Crippen molar-refractivity contribution in [3.63, 3.8) is 0 Å². The molecule has 1 amide bonds. The van der Waals surface area contributed by atoms with Crippen molar-refractivity contribution in [2.45, 2.75) is 13.0 Å². The van der Waals surface area contributed by atoms with Crippen molar-refractivity contribution in [2.24, 2.45) is 0 Å². The topological polar surface area (TPSA) is 69.9 Å². The van der Waals surface area contributed by atoms with Gasteiger partial charge in [0.15, 0.2) is 17.3 Å². The highest BCUT2D eigenvalue weighted by Gasteiger charge is 2.18. The number of furan rings is 1. The van der Waals surface area contributed by atoms with Crippen LogP contribution in [0.4, 0.5) is 0 Å². The fourth-order valence-electron chi connectivity index (χ4n) is 3.04. The van der Waals surface area contributed by atoms with Crippen LogP contribution in [-0.4, -0.2) is 25.7 Å². The van der Waals surface area contributed by atoms with Gasteiger partial charge in [-0.1, -0.05) is 29.8 Å². The van der Waals surface area contributed by atoms with Gasteiger partial charge in [0.2, 0.25) is 0 Å². The molecule has 2 aromatic carbocycles. The number of carbonyl (C=O) groups is 1. The molecule has 29 heavy (non-hydrogen) atoms. The number of para-hydroxylation sites is 1. The highest BCUT2D eigenvalue weighted by Crippen LogP contribution is 2.38. The second kappa shape index (κ2) is 8.92. The van der Waals surface area contributed by atoms with Gasteiger partial charge in [0, 0.05) is 12.1 Å². The van der Waals surface area contributed by atoms with E-state index < -0.39 is 0 Å². The maximum atomic E-state index is 12.5. The average molecular weight is 414 g/mol. The molecule has 0 spiro atoms. The summed E-state index contributed by atoms with van der Waals surface area (Å²) in [7, 11) is 0. The summed E-state index contributed by atoms with van der Waals surface area (Å²) >= 11 is 6.25. The summed E-state index contributed by atoms with van der Waals surface area (Å²) in [6.45, 7) is 1.66. The molecule has 0 saturated carbocycles. The molecule has 7 heteroatoms. The molecule has 0 radical (unpaired) electrons. The number of rotatable bonds is 7. The normalized spacial score (nSPS) is 12.4. The van der Waals surface area contributed by atoms with Crippen LogP contribution in [0, 0.1) is 0 Å². The van der Waals surface area contributed by atoms with E-state index in [0.717, 1.165) is 11.3 Å². The van der Waals surface area contributed by atoms with Gasteiger partial charge in [0.1, 0.15) is 25.6 Å². The third kappa shape index (κ3) is 4.66. The fraction of sp³-hybridized carbons (Fsp3) is 0.227. The maximum absolute atomic E-state index is 12.5. The van der Waals surface area contributed by atoms with Crippen LogP contribution in [0.3, 0.4) is 0 Å². The molecular formula is C22H20ClNO5. The Bertz CT molecular complexity index is 986. The van der Waals surface area contributed by atoms with E-state index in [4.69, 9.17) is 30.2 Å². The van der Waals surface area contributed by atoms with E-state index in [1.54, 1.807) is 6.07 Å². The predicted octanol–water partition coefficient (Wildman–Crippen LogP) is 4.26. The third-order valence-electron chi connectivity index (χ3n) is 4.45. The summed E-state index contributed by atoms with van der Waals surface area (Å²) in [4.78, 5) is 12.5. The molecule has 0 unspecified atom stereocenters. The number of fused-ring (bicyclic) bond motifs is 1. The van der Waals surface area contributed by atoms with Crippen molar-refractivity contribution in [3.8, 4) is 17.2 Å². The minimum Gasteiger partial charge on any atom is -0.489 e. The van der Waals surface area contributed by atoms with Crippen molar-refractivity contribution in [1.29, 1.82) is 0 Å². The van der Waals surface area contributed by atoms with Gasteiger partial charge < -0.3 is 23.9 Å². The van der Waals surface area contributed by atoms with Crippen LogP contribution in [0.2, 0.25) is 5.02 Å². The maximum Gasteiger partial charge on any atom is 0.287 e. The lowest BCUT2D eigenvalue weighted by molar-refractivity contribution is 0.0923. The molecule has 150 valence electrons. The first-order valence-electron chi connectivity index (χ1n) is 9.31. The van der Waals surface area contributed by atoms with Gasteiger partial charge in [0.05, 0.1) is 11.3 Å². The van der Waals surface area contributed by atoms with Crippen LogP contribution >= 0.6 is 11.6 Å². The number of halogens is 1. The van der Waals surface area contributed by atoms with Crippen molar-refractivity contribution in [3.05, 3.63) is 76.7 Å². The van der Waals surface area contributed by atoms with Crippen molar-refractivity contribution < 1.29 is 23.4 Å². The number of hydrogen-bond donors (Lipinski definition) is 1. The van der Waals surface area contributed by atoms with E-state index in [0.29, 0.717) is 48.3 Å². The van der Waals surface area contributed by atoms with Crippen LogP contribution in [0.15, 0.2) is 59.2 Å². The first kappa shape index (κ1) is 19.2. The molecule has 3 aromatic rings. The molecule has 2 heterocycles. The van der Waals surface area contributed by atoms with Gasteiger partial charge in [-0.2, -0.15) is 0 Å². The van der Waals surface area contributed by atoms with E-state index in [1.807, 2.05) is 42.5 Å². The minimum absolute atomic E-state index is 0.251. The lowest BCUT2D eigenvalue weighted by Crippen LogP contribution is -2.26. The van der Waals surface area contributed by atoms with Crippen LogP contribution in [0.1, 0.15) is 21.7 Å². The van der Waals surface area contributed by atoms with E-state index in [9.17, 15) is 4.79 Å². The molecule has 4 rings (SSSR count). The van der Waals surface area contributed by atoms with E-state index in [2.05, 4.69) is 5.32 Å². The first-order chi connectivity index (χ1) is 14.2. The summed E-state index contributed by atoms with van der Waals surface area (Å²) < 4.78 is 22.2. The molecule has 1 aliphatic heterocycles. The number of amides is 1. The van der Waals surface area contributed by atoms with Crippen LogP contribution < -0.4 is 19.5 Å².